The summed E-state index contributed by atoms with van der Waals surface area (Å²) in [6, 6.07) is 10.3. The van der Waals surface area contributed by atoms with Gasteiger partial charge in [-0.3, -0.25) is 0 Å². The number of halogens is 1. The molecule has 0 bridgehead atoms. The summed E-state index contributed by atoms with van der Waals surface area (Å²) in [6.07, 6.45) is 1.12. The summed E-state index contributed by atoms with van der Waals surface area (Å²) in [5.74, 6) is 0.863. The highest BCUT2D eigenvalue weighted by Crippen LogP contribution is 2.27. The van der Waals surface area contributed by atoms with Crippen LogP contribution in [-0.4, -0.2) is 23.1 Å². The van der Waals surface area contributed by atoms with E-state index in [0.717, 1.165) is 6.26 Å². The average molecular weight is 361 g/mol. The van der Waals surface area contributed by atoms with Crippen LogP contribution in [0.5, 0.6) is 11.5 Å². The van der Waals surface area contributed by atoms with Gasteiger partial charge in [0.25, 0.3) is 9.05 Å². The predicted molar refractivity (Wildman–Crippen MR) is 83.8 cm³/mol. The summed E-state index contributed by atoms with van der Waals surface area (Å²) in [4.78, 5) is 0.216. The van der Waals surface area contributed by atoms with E-state index in [9.17, 15) is 16.8 Å². The molecule has 0 spiro atoms. The van der Waals surface area contributed by atoms with Crippen molar-refractivity contribution >= 4 is 29.6 Å². The van der Waals surface area contributed by atoms with Crippen LogP contribution in [0.25, 0.3) is 0 Å². The molecule has 0 amide bonds. The zero-order valence-corrected chi connectivity index (χ0v) is 14.2. The Balaban J connectivity index is 2.27. The molecule has 8 heteroatoms. The molecule has 118 valence electrons. The second-order valence-electron chi connectivity index (χ2n) is 4.71. The maximum absolute atomic E-state index is 11.4. The molecule has 0 saturated carbocycles. The molecule has 0 unspecified atom stereocenters. The number of aryl methyl sites for hydroxylation is 1. The molecule has 5 nitrogen and oxygen atoms in total. The van der Waals surface area contributed by atoms with E-state index < -0.39 is 18.9 Å². The lowest BCUT2D eigenvalue weighted by molar-refractivity contribution is 0.481. The van der Waals surface area contributed by atoms with Crippen molar-refractivity contribution in [2.75, 3.05) is 6.26 Å². The summed E-state index contributed by atoms with van der Waals surface area (Å²) in [7, 11) is -1.74. The van der Waals surface area contributed by atoms with Crippen molar-refractivity contribution in [3.8, 4) is 11.5 Å². The van der Waals surface area contributed by atoms with Gasteiger partial charge in [0.2, 0.25) is 0 Å². The molecule has 0 aliphatic carbocycles. The minimum absolute atomic E-state index is 0.0222. The first-order chi connectivity index (χ1) is 10.1. The molecule has 0 aliphatic rings. The van der Waals surface area contributed by atoms with E-state index in [1.54, 1.807) is 13.0 Å². The standard InChI is InChI=1S/C14H13ClO5S2/c1-10-9-12(5-8-14(10)22(15,18)19)20-11-3-6-13(7-4-11)21(2,16)17/h3-9H,1-2H3. The maximum atomic E-state index is 11.4. The van der Waals surface area contributed by atoms with Gasteiger partial charge in [-0.15, -0.1) is 0 Å². The molecule has 2 aromatic rings. The number of rotatable bonds is 4. The Bertz CT molecular complexity index is 901. The number of ether oxygens (including phenoxy) is 1. The first kappa shape index (κ1) is 16.8. The highest BCUT2D eigenvalue weighted by molar-refractivity contribution is 8.13. The van der Waals surface area contributed by atoms with Gasteiger partial charge in [0.1, 0.15) is 11.5 Å². The Hall–Kier alpha value is -1.57. The fourth-order valence-corrected chi connectivity index (χ4v) is 3.67. The quantitative estimate of drug-likeness (QED) is 0.783. The number of sulfone groups is 1. The van der Waals surface area contributed by atoms with Crippen molar-refractivity contribution in [1.82, 2.24) is 0 Å². The molecule has 0 fully saturated rings. The minimum Gasteiger partial charge on any atom is -0.457 e. The monoisotopic (exact) mass is 360 g/mol. The third-order valence-corrected chi connectivity index (χ3v) is 5.51. The first-order valence-corrected chi connectivity index (χ1v) is 10.3. The van der Waals surface area contributed by atoms with E-state index in [1.807, 2.05) is 0 Å². The van der Waals surface area contributed by atoms with Crippen LogP contribution in [0.4, 0.5) is 0 Å². The average Bonchev–Trinajstić information content (AvgIpc) is 2.36. The van der Waals surface area contributed by atoms with Crippen molar-refractivity contribution < 1.29 is 21.6 Å². The third-order valence-electron chi connectivity index (χ3n) is 2.90. The predicted octanol–water partition coefficient (Wildman–Crippen LogP) is 3.12. The molecule has 0 aromatic heterocycles. The van der Waals surface area contributed by atoms with Crippen LogP contribution in [0.1, 0.15) is 5.56 Å². The highest BCUT2D eigenvalue weighted by Gasteiger charge is 2.14. The zero-order valence-electron chi connectivity index (χ0n) is 11.8. The van der Waals surface area contributed by atoms with Gasteiger partial charge in [0.15, 0.2) is 9.84 Å². The molecule has 0 N–H and O–H groups in total. The zero-order chi connectivity index (χ0) is 16.5. The summed E-state index contributed by atoms with van der Waals surface area (Å²) in [5.41, 5.74) is 0.459. The van der Waals surface area contributed by atoms with Gasteiger partial charge in [-0.2, -0.15) is 0 Å². The van der Waals surface area contributed by atoms with E-state index in [-0.39, 0.29) is 9.79 Å². The molecule has 0 saturated heterocycles. The second kappa shape index (κ2) is 5.91. The van der Waals surface area contributed by atoms with Crippen LogP contribution in [0.15, 0.2) is 52.3 Å². The topological polar surface area (TPSA) is 77.5 Å². The Morgan fingerprint density at radius 2 is 1.45 bits per heavy atom. The summed E-state index contributed by atoms with van der Waals surface area (Å²) in [6.45, 7) is 1.61. The third kappa shape index (κ3) is 4.00. The lowest BCUT2D eigenvalue weighted by Crippen LogP contribution is -1.97. The van der Waals surface area contributed by atoms with Gasteiger partial charge in [-0.05, 0) is 55.0 Å². The van der Waals surface area contributed by atoms with Crippen molar-refractivity contribution in [2.24, 2.45) is 0 Å². The normalized spacial score (nSPS) is 12.1. The van der Waals surface area contributed by atoms with Crippen molar-refractivity contribution in [3.63, 3.8) is 0 Å². The molecule has 0 atom stereocenters. The molecule has 2 aromatic carbocycles. The van der Waals surface area contributed by atoms with Crippen molar-refractivity contribution in [2.45, 2.75) is 16.7 Å². The van der Waals surface area contributed by atoms with Gasteiger partial charge in [-0.25, -0.2) is 16.8 Å². The van der Waals surface area contributed by atoms with Crippen molar-refractivity contribution in [1.29, 1.82) is 0 Å². The number of hydrogen-bond donors (Lipinski definition) is 0. The van der Waals surface area contributed by atoms with E-state index >= 15 is 0 Å². The number of hydrogen-bond acceptors (Lipinski definition) is 5. The first-order valence-electron chi connectivity index (χ1n) is 6.11. The molecule has 0 heterocycles. The Labute approximate surface area is 133 Å². The fourth-order valence-electron chi connectivity index (χ4n) is 1.85. The van der Waals surface area contributed by atoms with Gasteiger partial charge < -0.3 is 4.74 Å². The van der Waals surface area contributed by atoms with E-state index in [2.05, 4.69) is 0 Å². The highest BCUT2D eigenvalue weighted by atomic mass is 35.7. The lowest BCUT2D eigenvalue weighted by Gasteiger charge is -2.09. The van der Waals surface area contributed by atoms with Gasteiger partial charge in [-0.1, -0.05) is 0 Å². The minimum atomic E-state index is -3.80. The maximum Gasteiger partial charge on any atom is 0.261 e. The molecule has 2 rings (SSSR count). The largest absolute Gasteiger partial charge is 0.457 e. The van der Waals surface area contributed by atoms with Crippen molar-refractivity contribution in [3.05, 3.63) is 48.0 Å². The Morgan fingerprint density at radius 1 is 0.909 bits per heavy atom. The van der Waals surface area contributed by atoms with Crippen LogP contribution in [0.2, 0.25) is 0 Å². The lowest BCUT2D eigenvalue weighted by atomic mass is 10.2. The van der Waals surface area contributed by atoms with Crippen LogP contribution < -0.4 is 4.74 Å². The van der Waals surface area contributed by atoms with Crippen LogP contribution >= 0.6 is 10.7 Å². The molecule has 0 aliphatic heterocycles. The van der Waals surface area contributed by atoms with Gasteiger partial charge in [0, 0.05) is 16.9 Å². The summed E-state index contributed by atoms with van der Waals surface area (Å²) < 4.78 is 50.9. The van der Waals surface area contributed by atoms with Gasteiger partial charge in [0.05, 0.1) is 9.79 Å². The second-order valence-corrected chi connectivity index (χ2v) is 9.26. The summed E-state index contributed by atoms with van der Waals surface area (Å²) >= 11 is 0. The number of benzene rings is 2. The Kier molecular flexibility index (Phi) is 4.51. The molecular weight excluding hydrogens is 348 g/mol. The van der Waals surface area contributed by atoms with E-state index in [0.29, 0.717) is 17.1 Å². The molecule has 22 heavy (non-hydrogen) atoms. The van der Waals surface area contributed by atoms with E-state index in [1.165, 1.54) is 36.4 Å². The van der Waals surface area contributed by atoms with E-state index in [4.69, 9.17) is 15.4 Å². The summed E-state index contributed by atoms with van der Waals surface area (Å²) in [5, 5.41) is 0. The molecule has 0 radical (unpaired) electrons. The van der Waals surface area contributed by atoms with Crippen LogP contribution in [-0.2, 0) is 18.9 Å². The van der Waals surface area contributed by atoms with Crippen LogP contribution in [0.3, 0.4) is 0 Å². The smallest absolute Gasteiger partial charge is 0.261 e. The Morgan fingerprint density at radius 3 is 1.91 bits per heavy atom. The molecular formula is C14H13ClO5S2. The fraction of sp³-hybridized carbons (Fsp3) is 0.143. The van der Waals surface area contributed by atoms with Gasteiger partial charge >= 0.3 is 0 Å². The van der Waals surface area contributed by atoms with Crippen LogP contribution in [0, 0.1) is 6.92 Å². The SMILES string of the molecule is Cc1cc(Oc2ccc(S(C)(=O)=O)cc2)ccc1S(=O)(=O)Cl.